The maximum atomic E-state index is 5.97. The van der Waals surface area contributed by atoms with Crippen LogP contribution in [0.1, 0.15) is 26.3 Å². The van der Waals surface area contributed by atoms with Crippen LogP contribution in [0.2, 0.25) is 0 Å². The zero-order valence-corrected chi connectivity index (χ0v) is 12.6. The maximum absolute atomic E-state index is 5.97. The SMILES string of the molecule is CC1CN(Cc2cccc3c2OCCN3)CC(C)(C)O1. The van der Waals surface area contributed by atoms with Crippen molar-refractivity contribution in [2.24, 2.45) is 0 Å². The highest BCUT2D eigenvalue weighted by atomic mass is 16.5. The Labute approximate surface area is 121 Å². The minimum absolute atomic E-state index is 0.0778. The van der Waals surface area contributed by atoms with E-state index in [0.717, 1.165) is 44.2 Å². The van der Waals surface area contributed by atoms with Crippen molar-refractivity contribution in [2.75, 3.05) is 31.6 Å². The van der Waals surface area contributed by atoms with Gasteiger partial charge in [-0.15, -0.1) is 0 Å². The quantitative estimate of drug-likeness (QED) is 0.900. The molecule has 0 aliphatic carbocycles. The van der Waals surface area contributed by atoms with Gasteiger partial charge in [0.2, 0.25) is 0 Å². The van der Waals surface area contributed by atoms with Crippen molar-refractivity contribution >= 4 is 5.69 Å². The second-order valence-electron chi connectivity index (χ2n) is 6.43. The van der Waals surface area contributed by atoms with E-state index in [1.807, 2.05) is 0 Å². The maximum Gasteiger partial charge on any atom is 0.146 e. The molecule has 3 rings (SSSR count). The third-order valence-electron chi connectivity index (χ3n) is 3.79. The second-order valence-corrected chi connectivity index (χ2v) is 6.43. The van der Waals surface area contributed by atoms with Crippen LogP contribution in [-0.4, -0.2) is 42.8 Å². The summed E-state index contributed by atoms with van der Waals surface area (Å²) in [5.74, 6) is 1.02. The van der Waals surface area contributed by atoms with E-state index in [4.69, 9.17) is 9.47 Å². The van der Waals surface area contributed by atoms with Gasteiger partial charge in [-0.3, -0.25) is 4.90 Å². The van der Waals surface area contributed by atoms with Crippen molar-refractivity contribution in [1.29, 1.82) is 0 Å². The third-order valence-corrected chi connectivity index (χ3v) is 3.79. The molecule has 1 saturated heterocycles. The molecule has 1 unspecified atom stereocenters. The molecule has 2 aliphatic heterocycles. The lowest BCUT2D eigenvalue weighted by molar-refractivity contribution is -0.130. The predicted molar refractivity (Wildman–Crippen MR) is 80.3 cm³/mol. The Morgan fingerprint density at radius 3 is 3.05 bits per heavy atom. The Bertz CT molecular complexity index is 487. The van der Waals surface area contributed by atoms with Gasteiger partial charge in [-0.25, -0.2) is 0 Å². The Morgan fingerprint density at radius 1 is 1.40 bits per heavy atom. The fourth-order valence-corrected chi connectivity index (χ4v) is 3.30. The summed E-state index contributed by atoms with van der Waals surface area (Å²) in [7, 11) is 0. The summed E-state index contributed by atoms with van der Waals surface area (Å²) in [6.07, 6.45) is 0.275. The first-order valence-electron chi connectivity index (χ1n) is 7.42. The van der Waals surface area contributed by atoms with Gasteiger partial charge in [-0.2, -0.15) is 0 Å². The fraction of sp³-hybridized carbons (Fsp3) is 0.625. The summed E-state index contributed by atoms with van der Waals surface area (Å²) in [6, 6.07) is 6.35. The van der Waals surface area contributed by atoms with Crippen molar-refractivity contribution in [1.82, 2.24) is 4.90 Å². The summed E-state index contributed by atoms with van der Waals surface area (Å²) in [5, 5.41) is 3.40. The van der Waals surface area contributed by atoms with E-state index in [9.17, 15) is 0 Å². The number of hydrogen-bond acceptors (Lipinski definition) is 4. The van der Waals surface area contributed by atoms with E-state index in [0.29, 0.717) is 0 Å². The molecule has 1 aromatic carbocycles. The molecule has 1 atom stereocenters. The van der Waals surface area contributed by atoms with Crippen molar-refractivity contribution in [2.45, 2.75) is 39.0 Å². The van der Waals surface area contributed by atoms with Gasteiger partial charge in [0.15, 0.2) is 0 Å². The highest BCUT2D eigenvalue weighted by Gasteiger charge is 2.31. The molecule has 4 nitrogen and oxygen atoms in total. The monoisotopic (exact) mass is 276 g/mol. The Hall–Kier alpha value is -1.26. The highest BCUT2D eigenvalue weighted by Crippen LogP contribution is 2.33. The first-order chi connectivity index (χ1) is 9.53. The minimum atomic E-state index is -0.0778. The first kappa shape index (κ1) is 13.7. The number of anilines is 1. The smallest absolute Gasteiger partial charge is 0.146 e. The Kier molecular flexibility index (Phi) is 3.61. The first-order valence-corrected chi connectivity index (χ1v) is 7.42. The zero-order chi connectivity index (χ0) is 14.2. The average Bonchev–Trinajstić information content (AvgIpc) is 2.37. The van der Waals surface area contributed by atoms with Crippen LogP contribution in [0.25, 0.3) is 0 Å². The zero-order valence-electron chi connectivity index (χ0n) is 12.6. The van der Waals surface area contributed by atoms with Crippen LogP contribution in [0.5, 0.6) is 5.75 Å². The molecule has 2 aliphatic rings. The van der Waals surface area contributed by atoms with Crippen LogP contribution < -0.4 is 10.1 Å². The molecular formula is C16H24N2O2. The van der Waals surface area contributed by atoms with Crippen LogP contribution in [0.3, 0.4) is 0 Å². The highest BCUT2D eigenvalue weighted by molar-refractivity contribution is 5.61. The summed E-state index contributed by atoms with van der Waals surface area (Å²) < 4.78 is 11.8. The molecule has 0 bridgehead atoms. The van der Waals surface area contributed by atoms with E-state index < -0.39 is 0 Å². The van der Waals surface area contributed by atoms with Crippen molar-refractivity contribution in [3.05, 3.63) is 23.8 Å². The summed E-state index contributed by atoms with van der Waals surface area (Å²) in [4.78, 5) is 2.46. The second kappa shape index (κ2) is 5.26. The summed E-state index contributed by atoms with van der Waals surface area (Å²) in [5.41, 5.74) is 2.31. The van der Waals surface area contributed by atoms with E-state index in [1.54, 1.807) is 0 Å². The van der Waals surface area contributed by atoms with Crippen LogP contribution in [0, 0.1) is 0 Å². The van der Waals surface area contributed by atoms with Gasteiger partial charge < -0.3 is 14.8 Å². The molecule has 1 aromatic rings. The number of benzene rings is 1. The van der Waals surface area contributed by atoms with Gasteiger partial charge in [0, 0.05) is 31.7 Å². The number of nitrogens with one attached hydrogen (secondary N) is 1. The third kappa shape index (κ3) is 2.91. The number of rotatable bonds is 2. The molecule has 2 heterocycles. The number of morpholine rings is 1. The normalized spacial score (nSPS) is 25.4. The van der Waals surface area contributed by atoms with E-state index in [2.05, 4.69) is 49.2 Å². The van der Waals surface area contributed by atoms with E-state index in [-0.39, 0.29) is 11.7 Å². The standard InChI is InChI=1S/C16H24N2O2/c1-12-9-18(11-16(2,3)20-12)10-13-5-4-6-14-15(13)19-8-7-17-14/h4-6,12,17H,7-11H2,1-3H3. The van der Waals surface area contributed by atoms with Gasteiger partial charge >= 0.3 is 0 Å². The molecular weight excluding hydrogens is 252 g/mol. The van der Waals surface area contributed by atoms with Crippen LogP contribution >= 0.6 is 0 Å². The van der Waals surface area contributed by atoms with Crippen LogP contribution in [-0.2, 0) is 11.3 Å². The fourth-order valence-electron chi connectivity index (χ4n) is 3.30. The Morgan fingerprint density at radius 2 is 2.25 bits per heavy atom. The molecule has 0 radical (unpaired) electrons. The van der Waals surface area contributed by atoms with Gasteiger partial charge in [0.25, 0.3) is 0 Å². The molecule has 0 aromatic heterocycles. The number of nitrogens with zero attached hydrogens (tertiary/aromatic N) is 1. The number of hydrogen-bond donors (Lipinski definition) is 1. The lowest BCUT2D eigenvalue weighted by atomic mass is 10.0. The Balaban J connectivity index is 1.78. The average molecular weight is 276 g/mol. The number of ether oxygens (including phenoxy) is 2. The van der Waals surface area contributed by atoms with Crippen molar-refractivity contribution in [3.8, 4) is 5.75 Å². The molecule has 20 heavy (non-hydrogen) atoms. The summed E-state index contributed by atoms with van der Waals surface area (Å²) >= 11 is 0. The van der Waals surface area contributed by atoms with Crippen molar-refractivity contribution in [3.63, 3.8) is 0 Å². The van der Waals surface area contributed by atoms with Gasteiger partial charge in [-0.1, -0.05) is 12.1 Å². The van der Waals surface area contributed by atoms with E-state index in [1.165, 1.54) is 5.56 Å². The predicted octanol–water partition coefficient (Wildman–Crippen LogP) is 2.49. The van der Waals surface area contributed by atoms with Gasteiger partial charge in [0.05, 0.1) is 17.4 Å². The van der Waals surface area contributed by atoms with Crippen LogP contribution in [0.15, 0.2) is 18.2 Å². The lowest BCUT2D eigenvalue weighted by Gasteiger charge is -2.42. The largest absolute Gasteiger partial charge is 0.489 e. The molecule has 0 saturated carbocycles. The van der Waals surface area contributed by atoms with Gasteiger partial charge in [0.1, 0.15) is 12.4 Å². The molecule has 1 N–H and O–H groups in total. The topological polar surface area (TPSA) is 33.7 Å². The molecule has 4 heteroatoms. The summed E-state index contributed by atoms with van der Waals surface area (Å²) in [6.45, 7) is 10.9. The number of para-hydroxylation sites is 1. The van der Waals surface area contributed by atoms with Crippen molar-refractivity contribution < 1.29 is 9.47 Å². The number of fused-ring (bicyclic) bond motifs is 1. The van der Waals surface area contributed by atoms with Gasteiger partial charge in [-0.05, 0) is 26.8 Å². The molecule has 1 fully saturated rings. The molecule has 110 valence electrons. The molecule has 0 spiro atoms. The lowest BCUT2D eigenvalue weighted by Crippen LogP contribution is -2.51. The molecule has 0 amide bonds. The minimum Gasteiger partial charge on any atom is -0.489 e. The van der Waals surface area contributed by atoms with E-state index >= 15 is 0 Å². The van der Waals surface area contributed by atoms with Crippen LogP contribution in [0.4, 0.5) is 5.69 Å².